The van der Waals surface area contributed by atoms with Crippen molar-refractivity contribution in [1.29, 1.82) is 0 Å². The Hall–Kier alpha value is -1.05. The monoisotopic (exact) mass is 293 g/mol. The average molecular weight is 293 g/mol. The first-order valence-corrected chi connectivity index (χ1v) is 7.07. The van der Waals surface area contributed by atoms with Crippen LogP contribution in [0.1, 0.15) is 27.7 Å². The first-order valence-electron chi connectivity index (χ1n) is 5.59. The Morgan fingerprint density at radius 2 is 1.53 bits per heavy atom. The standard InChI is InChI=1S/C12H17F2NO3S/c1-11(2,12(3,4)16)15-19(17,18)10-8(13)6-5-7-9(10)14/h5-7,15-16H,1-4H3. The zero-order valence-electron chi connectivity index (χ0n) is 11.2. The molecule has 0 aliphatic heterocycles. The highest BCUT2D eigenvalue weighted by Gasteiger charge is 2.40. The van der Waals surface area contributed by atoms with Crippen LogP contribution in [0.3, 0.4) is 0 Å². The van der Waals surface area contributed by atoms with Gasteiger partial charge in [-0.2, -0.15) is 0 Å². The van der Waals surface area contributed by atoms with Gasteiger partial charge in [0.1, 0.15) is 11.6 Å². The highest BCUT2D eigenvalue weighted by atomic mass is 32.2. The van der Waals surface area contributed by atoms with Crippen LogP contribution in [0.25, 0.3) is 0 Å². The third-order valence-corrected chi connectivity index (χ3v) is 4.81. The summed E-state index contributed by atoms with van der Waals surface area (Å²) in [5.41, 5.74) is -2.72. The third-order valence-electron chi connectivity index (χ3n) is 3.11. The Bertz CT molecular complexity index is 557. The summed E-state index contributed by atoms with van der Waals surface area (Å²) in [4.78, 5) is -1.05. The van der Waals surface area contributed by atoms with Crippen LogP contribution in [0.4, 0.5) is 8.78 Å². The predicted molar refractivity (Wildman–Crippen MR) is 67.1 cm³/mol. The van der Waals surface area contributed by atoms with E-state index in [0.29, 0.717) is 0 Å². The van der Waals surface area contributed by atoms with Crippen LogP contribution in [-0.4, -0.2) is 24.7 Å². The van der Waals surface area contributed by atoms with E-state index in [0.717, 1.165) is 18.2 Å². The van der Waals surface area contributed by atoms with Crippen molar-refractivity contribution in [3.63, 3.8) is 0 Å². The van der Waals surface area contributed by atoms with E-state index in [4.69, 9.17) is 0 Å². The molecule has 4 nitrogen and oxygen atoms in total. The van der Waals surface area contributed by atoms with Gasteiger partial charge in [-0.05, 0) is 39.8 Å². The van der Waals surface area contributed by atoms with Gasteiger partial charge >= 0.3 is 0 Å². The first kappa shape index (κ1) is 16.0. The molecule has 0 aromatic heterocycles. The number of aliphatic hydroxyl groups is 1. The quantitative estimate of drug-likeness (QED) is 0.889. The van der Waals surface area contributed by atoms with Gasteiger partial charge in [0.2, 0.25) is 10.0 Å². The number of sulfonamides is 1. The Kier molecular flexibility index (Phi) is 4.05. The van der Waals surface area contributed by atoms with Gasteiger partial charge in [0.25, 0.3) is 0 Å². The molecule has 0 spiro atoms. The van der Waals surface area contributed by atoms with Gasteiger partial charge in [0.15, 0.2) is 4.90 Å². The lowest BCUT2D eigenvalue weighted by Crippen LogP contribution is -2.57. The molecule has 0 radical (unpaired) electrons. The molecule has 0 saturated carbocycles. The highest BCUT2D eigenvalue weighted by molar-refractivity contribution is 7.89. The largest absolute Gasteiger partial charge is 0.389 e. The summed E-state index contributed by atoms with van der Waals surface area (Å²) in [7, 11) is -4.42. The minimum absolute atomic E-state index is 0.856. The van der Waals surface area contributed by atoms with E-state index in [1.54, 1.807) is 0 Å². The maximum absolute atomic E-state index is 13.5. The molecule has 1 aromatic rings. The molecule has 2 N–H and O–H groups in total. The smallest absolute Gasteiger partial charge is 0.247 e. The molecular weight excluding hydrogens is 276 g/mol. The molecule has 0 heterocycles. The van der Waals surface area contributed by atoms with E-state index in [9.17, 15) is 22.3 Å². The van der Waals surface area contributed by atoms with Crippen LogP contribution in [0, 0.1) is 11.6 Å². The minimum Gasteiger partial charge on any atom is -0.389 e. The van der Waals surface area contributed by atoms with Gasteiger partial charge in [-0.1, -0.05) is 6.07 Å². The van der Waals surface area contributed by atoms with Crippen molar-refractivity contribution in [3.05, 3.63) is 29.8 Å². The zero-order chi connectivity index (χ0) is 15.1. The van der Waals surface area contributed by atoms with E-state index < -0.39 is 37.7 Å². The lowest BCUT2D eigenvalue weighted by Gasteiger charge is -2.37. The number of hydrogen-bond donors (Lipinski definition) is 2. The summed E-state index contributed by atoms with van der Waals surface area (Å²) in [5, 5.41) is 9.88. The van der Waals surface area contributed by atoms with Gasteiger partial charge < -0.3 is 5.11 Å². The first-order chi connectivity index (χ1) is 8.38. The molecule has 0 fully saturated rings. The number of benzene rings is 1. The fourth-order valence-corrected chi connectivity index (χ4v) is 2.92. The van der Waals surface area contributed by atoms with Crippen LogP contribution in [0.15, 0.2) is 23.1 Å². The molecule has 0 aliphatic rings. The van der Waals surface area contributed by atoms with Gasteiger partial charge in [0.05, 0.1) is 11.1 Å². The summed E-state index contributed by atoms with van der Waals surface area (Å²) in [5.74, 6) is -2.36. The van der Waals surface area contributed by atoms with Gasteiger partial charge in [-0.3, -0.25) is 0 Å². The third kappa shape index (κ3) is 3.29. The molecule has 0 saturated heterocycles. The number of rotatable bonds is 4. The number of halogens is 2. The fraction of sp³-hybridized carbons (Fsp3) is 0.500. The molecule has 1 aromatic carbocycles. The van der Waals surface area contributed by atoms with Gasteiger partial charge in [-0.25, -0.2) is 21.9 Å². The van der Waals surface area contributed by atoms with E-state index in [-0.39, 0.29) is 0 Å². The minimum atomic E-state index is -4.42. The van der Waals surface area contributed by atoms with E-state index in [1.807, 2.05) is 0 Å². The Balaban J connectivity index is 3.28. The number of nitrogens with one attached hydrogen (secondary N) is 1. The van der Waals surface area contributed by atoms with Crippen molar-refractivity contribution >= 4 is 10.0 Å². The lowest BCUT2D eigenvalue weighted by atomic mass is 9.87. The van der Waals surface area contributed by atoms with Crippen LogP contribution in [0.5, 0.6) is 0 Å². The molecule has 0 unspecified atom stereocenters. The van der Waals surface area contributed by atoms with Crippen molar-refractivity contribution in [3.8, 4) is 0 Å². The SMILES string of the molecule is CC(C)(O)C(C)(C)NS(=O)(=O)c1c(F)cccc1F. The second-order valence-corrected chi connectivity index (χ2v) is 6.96. The molecule has 19 heavy (non-hydrogen) atoms. The normalized spacial score (nSPS) is 13.6. The molecule has 7 heteroatoms. The van der Waals surface area contributed by atoms with Crippen LogP contribution < -0.4 is 4.72 Å². The van der Waals surface area contributed by atoms with Gasteiger partial charge in [-0.15, -0.1) is 0 Å². The number of hydrogen-bond acceptors (Lipinski definition) is 3. The summed E-state index contributed by atoms with van der Waals surface area (Å²) < 4.78 is 53.2. The Morgan fingerprint density at radius 3 is 1.89 bits per heavy atom. The second-order valence-electron chi connectivity index (χ2n) is 5.34. The van der Waals surface area contributed by atoms with Crippen LogP contribution in [-0.2, 0) is 10.0 Å². The predicted octanol–water partition coefficient (Wildman–Crippen LogP) is 1.79. The van der Waals surface area contributed by atoms with E-state index >= 15 is 0 Å². The highest BCUT2D eigenvalue weighted by Crippen LogP contribution is 2.25. The summed E-state index contributed by atoms with van der Waals surface area (Å²) in [6, 6.07) is 2.79. The Morgan fingerprint density at radius 1 is 1.11 bits per heavy atom. The topological polar surface area (TPSA) is 66.4 Å². The van der Waals surface area contributed by atoms with Crippen molar-refractivity contribution in [2.45, 2.75) is 43.7 Å². The van der Waals surface area contributed by atoms with E-state index in [1.165, 1.54) is 27.7 Å². The zero-order valence-corrected chi connectivity index (χ0v) is 12.0. The summed E-state index contributed by atoms with van der Waals surface area (Å²) >= 11 is 0. The van der Waals surface area contributed by atoms with Crippen LogP contribution in [0.2, 0.25) is 0 Å². The molecule has 0 atom stereocenters. The summed E-state index contributed by atoms with van der Waals surface area (Å²) in [6.07, 6.45) is 0. The van der Waals surface area contributed by atoms with Gasteiger partial charge in [0, 0.05) is 0 Å². The molecule has 108 valence electrons. The van der Waals surface area contributed by atoms with Crippen molar-refractivity contribution in [2.24, 2.45) is 0 Å². The van der Waals surface area contributed by atoms with Crippen molar-refractivity contribution < 1.29 is 22.3 Å². The van der Waals surface area contributed by atoms with E-state index in [2.05, 4.69) is 4.72 Å². The lowest BCUT2D eigenvalue weighted by molar-refractivity contribution is 0.00633. The van der Waals surface area contributed by atoms with Crippen LogP contribution >= 0.6 is 0 Å². The van der Waals surface area contributed by atoms with Crippen molar-refractivity contribution in [1.82, 2.24) is 4.72 Å². The molecular formula is C12H17F2NO3S. The van der Waals surface area contributed by atoms with Crippen molar-refractivity contribution in [2.75, 3.05) is 0 Å². The second kappa shape index (κ2) is 4.81. The maximum Gasteiger partial charge on any atom is 0.247 e. The fourth-order valence-electron chi connectivity index (χ4n) is 1.25. The Labute approximate surface area is 111 Å². The molecule has 1 rings (SSSR count). The molecule has 0 bridgehead atoms. The molecule has 0 amide bonds. The maximum atomic E-state index is 13.5. The molecule has 0 aliphatic carbocycles. The summed E-state index contributed by atoms with van der Waals surface area (Å²) in [6.45, 7) is 5.63. The average Bonchev–Trinajstić information content (AvgIpc) is 2.12.